The molecule has 4 nitrogen and oxygen atoms in total. The summed E-state index contributed by atoms with van der Waals surface area (Å²) in [5, 5.41) is 3.32. The van der Waals surface area contributed by atoms with Crippen LogP contribution in [0.5, 0.6) is 0 Å². The number of rotatable bonds is 1. The van der Waals surface area contributed by atoms with Gasteiger partial charge in [-0.15, -0.1) is 0 Å². The van der Waals surface area contributed by atoms with Gasteiger partial charge in [-0.25, -0.2) is 4.79 Å². The van der Waals surface area contributed by atoms with E-state index < -0.39 is 0 Å². The SMILES string of the molecule is O=C1OCC2CNCC2N1C1CC1. The van der Waals surface area contributed by atoms with Crippen LogP contribution in [0.1, 0.15) is 12.8 Å². The van der Waals surface area contributed by atoms with Gasteiger partial charge in [0.15, 0.2) is 0 Å². The van der Waals surface area contributed by atoms with E-state index in [-0.39, 0.29) is 6.09 Å². The van der Waals surface area contributed by atoms with Gasteiger partial charge in [0.25, 0.3) is 0 Å². The Morgan fingerprint density at radius 3 is 3.00 bits per heavy atom. The van der Waals surface area contributed by atoms with Crippen LogP contribution < -0.4 is 5.32 Å². The number of nitrogens with zero attached hydrogens (tertiary/aromatic N) is 1. The molecule has 1 amide bonds. The lowest BCUT2D eigenvalue weighted by Gasteiger charge is -2.36. The Labute approximate surface area is 77.2 Å². The fourth-order valence-electron chi connectivity index (χ4n) is 2.38. The highest BCUT2D eigenvalue weighted by Crippen LogP contribution is 2.34. The van der Waals surface area contributed by atoms with Crippen LogP contribution in [0.4, 0.5) is 4.79 Å². The standard InChI is InChI=1S/C9H14N2O2/c12-9-11(7-1-2-7)8-4-10-3-6(8)5-13-9/h6-8,10H,1-5H2. The third-order valence-electron chi connectivity index (χ3n) is 3.23. The highest BCUT2D eigenvalue weighted by atomic mass is 16.6. The van der Waals surface area contributed by atoms with Crippen molar-refractivity contribution in [3.63, 3.8) is 0 Å². The van der Waals surface area contributed by atoms with Gasteiger partial charge in [-0.2, -0.15) is 0 Å². The van der Waals surface area contributed by atoms with Crippen LogP contribution in [0.2, 0.25) is 0 Å². The Bertz CT molecular complexity index is 240. The second kappa shape index (κ2) is 2.61. The molecule has 1 saturated carbocycles. The molecule has 0 spiro atoms. The molecule has 2 saturated heterocycles. The van der Waals surface area contributed by atoms with Gasteiger partial charge in [0, 0.05) is 25.0 Å². The van der Waals surface area contributed by atoms with E-state index in [1.165, 1.54) is 12.8 Å². The Kier molecular flexibility index (Phi) is 1.53. The molecule has 2 aliphatic heterocycles. The number of nitrogens with one attached hydrogen (secondary N) is 1. The molecule has 3 fully saturated rings. The molecular formula is C9H14N2O2. The molecule has 1 N–H and O–H groups in total. The fraction of sp³-hybridized carbons (Fsp3) is 0.889. The Morgan fingerprint density at radius 2 is 2.23 bits per heavy atom. The van der Waals surface area contributed by atoms with Crippen LogP contribution in [0.15, 0.2) is 0 Å². The summed E-state index contributed by atoms with van der Waals surface area (Å²) in [7, 11) is 0. The zero-order valence-electron chi connectivity index (χ0n) is 7.53. The van der Waals surface area contributed by atoms with Gasteiger partial charge in [0.05, 0.1) is 12.6 Å². The van der Waals surface area contributed by atoms with Crippen molar-refractivity contribution in [3.8, 4) is 0 Å². The molecule has 2 atom stereocenters. The molecule has 4 heteroatoms. The van der Waals surface area contributed by atoms with Crippen LogP contribution in [0, 0.1) is 5.92 Å². The van der Waals surface area contributed by atoms with E-state index in [2.05, 4.69) is 5.32 Å². The molecule has 3 rings (SSSR count). The Balaban J connectivity index is 1.82. The molecule has 0 radical (unpaired) electrons. The molecule has 2 unspecified atom stereocenters. The first-order valence-electron chi connectivity index (χ1n) is 5.02. The molecule has 0 aromatic heterocycles. The topological polar surface area (TPSA) is 41.6 Å². The summed E-state index contributed by atoms with van der Waals surface area (Å²) in [6, 6.07) is 0.897. The minimum absolute atomic E-state index is 0.0903. The molecule has 0 aromatic rings. The Morgan fingerprint density at radius 1 is 1.38 bits per heavy atom. The van der Waals surface area contributed by atoms with Gasteiger partial charge in [-0.1, -0.05) is 0 Å². The van der Waals surface area contributed by atoms with Crippen LogP contribution in [0.3, 0.4) is 0 Å². The molecule has 0 bridgehead atoms. The van der Waals surface area contributed by atoms with E-state index >= 15 is 0 Å². The summed E-state index contributed by atoms with van der Waals surface area (Å²) in [6.45, 7) is 2.57. The molecule has 72 valence electrons. The fourth-order valence-corrected chi connectivity index (χ4v) is 2.38. The number of ether oxygens (including phenoxy) is 1. The zero-order chi connectivity index (χ0) is 8.84. The second-order valence-corrected chi connectivity index (χ2v) is 4.20. The smallest absolute Gasteiger partial charge is 0.410 e. The van der Waals surface area contributed by atoms with Crippen LogP contribution in [-0.4, -0.2) is 42.8 Å². The van der Waals surface area contributed by atoms with Crippen molar-refractivity contribution in [2.75, 3.05) is 19.7 Å². The number of hydrogen-bond donors (Lipinski definition) is 1. The first-order valence-corrected chi connectivity index (χ1v) is 5.02. The van der Waals surface area contributed by atoms with E-state index in [1.54, 1.807) is 0 Å². The van der Waals surface area contributed by atoms with Crippen molar-refractivity contribution in [3.05, 3.63) is 0 Å². The van der Waals surface area contributed by atoms with Crippen molar-refractivity contribution >= 4 is 6.09 Å². The maximum atomic E-state index is 11.5. The summed E-state index contributed by atoms with van der Waals surface area (Å²) in [5.41, 5.74) is 0. The average Bonchev–Trinajstić information content (AvgIpc) is 2.82. The highest BCUT2D eigenvalue weighted by Gasteiger charge is 2.46. The predicted octanol–water partition coefficient (Wildman–Crippen LogP) is 0.189. The van der Waals surface area contributed by atoms with Crippen LogP contribution >= 0.6 is 0 Å². The normalized spacial score (nSPS) is 38.8. The lowest BCUT2D eigenvalue weighted by molar-refractivity contribution is 0.0215. The largest absolute Gasteiger partial charge is 0.449 e. The molecule has 13 heavy (non-hydrogen) atoms. The van der Waals surface area contributed by atoms with Gasteiger partial charge < -0.3 is 15.0 Å². The maximum Gasteiger partial charge on any atom is 0.410 e. The van der Waals surface area contributed by atoms with Crippen molar-refractivity contribution in [2.24, 2.45) is 5.92 Å². The van der Waals surface area contributed by atoms with Gasteiger partial charge in [0.2, 0.25) is 0 Å². The molecule has 1 aliphatic carbocycles. The summed E-state index contributed by atoms with van der Waals surface area (Å²) < 4.78 is 5.15. The van der Waals surface area contributed by atoms with Crippen LogP contribution in [0.25, 0.3) is 0 Å². The molecular weight excluding hydrogens is 168 g/mol. The third-order valence-corrected chi connectivity index (χ3v) is 3.23. The number of carbonyl (C=O) groups excluding carboxylic acids is 1. The van der Waals surface area contributed by atoms with E-state index in [4.69, 9.17) is 4.74 Å². The monoisotopic (exact) mass is 182 g/mol. The van der Waals surface area contributed by atoms with Gasteiger partial charge >= 0.3 is 6.09 Å². The Hall–Kier alpha value is -0.770. The molecule has 3 aliphatic rings. The van der Waals surface area contributed by atoms with E-state index in [9.17, 15) is 4.79 Å². The third kappa shape index (κ3) is 1.12. The van der Waals surface area contributed by atoms with E-state index in [1.807, 2.05) is 4.90 Å². The quantitative estimate of drug-likeness (QED) is 0.629. The van der Waals surface area contributed by atoms with Crippen molar-refractivity contribution in [2.45, 2.75) is 24.9 Å². The van der Waals surface area contributed by atoms with Crippen molar-refractivity contribution in [1.29, 1.82) is 0 Å². The second-order valence-electron chi connectivity index (χ2n) is 4.20. The number of cyclic esters (lactones) is 1. The number of fused-ring (bicyclic) bond motifs is 1. The maximum absolute atomic E-state index is 11.5. The first kappa shape index (κ1) is 7.62. The summed E-state index contributed by atoms with van der Waals surface area (Å²) >= 11 is 0. The number of amides is 1. The molecule has 2 heterocycles. The minimum atomic E-state index is -0.0903. The lowest BCUT2D eigenvalue weighted by Crippen LogP contribution is -2.51. The van der Waals surface area contributed by atoms with Gasteiger partial charge in [-0.05, 0) is 12.8 Å². The highest BCUT2D eigenvalue weighted by molar-refractivity contribution is 5.70. The number of hydrogen-bond acceptors (Lipinski definition) is 3. The van der Waals surface area contributed by atoms with Gasteiger partial charge in [0.1, 0.15) is 0 Å². The molecule has 0 aromatic carbocycles. The minimum Gasteiger partial charge on any atom is -0.449 e. The first-order chi connectivity index (χ1) is 6.36. The number of carbonyl (C=O) groups is 1. The average molecular weight is 182 g/mol. The summed E-state index contributed by atoms with van der Waals surface area (Å²) in [5.74, 6) is 0.526. The van der Waals surface area contributed by atoms with Crippen molar-refractivity contribution < 1.29 is 9.53 Å². The van der Waals surface area contributed by atoms with Gasteiger partial charge in [-0.3, -0.25) is 0 Å². The summed E-state index contributed by atoms with van der Waals surface area (Å²) in [4.78, 5) is 13.5. The van der Waals surface area contributed by atoms with E-state index in [0.29, 0.717) is 24.6 Å². The van der Waals surface area contributed by atoms with E-state index in [0.717, 1.165) is 13.1 Å². The predicted molar refractivity (Wildman–Crippen MR) is 46.4 cm³/mol. The lowest BCUT2D eigenvalue weighted by atomic mass is 10.0. The van der Waals surface area contributed by atoms with Crippen LogP contribution in [-0.2, 0) is 4.74 Å². The zero-order valence-corrected chi connectivity index (χ0v) is 7.53. The van der Waals surface area contributed by atoms with Crippen molar-refractivity contribution in [1.82, 2.24) is 10.2 Å². The summed E-state index contributed by atoms with van der Waals surface area (Å²) in [6.07, 6.45) is 2.24.